The third-order valence-electron chi connectivity index (χ3n) is 1.63. The van der Waals surface area contributed by atoms with E-state index in [1.54, 1.807) is 24.3 Å². The predicted molar refractivity (Wildman–Crippen MR) is 53.8 cm³/mol. The van der Waals surface area contributed by atoms with Gasteiger partial charge in [0.25, 0.3) is 0 Å². The molecule has 1 aromatic carbocycles. The summed E-state index contributed by atoms with van der Waals surface area (Å²) in [4.78, 5) is 0. The van der Waals surface area contributed by atoms with Crippen molar-refractivity contribution in [3.63, 3.8) is 0 Å². The fraction of sp³-hybridized carbons (Fsp3) is 0.273. The highest BCUT2D eigenvalue weighted by Crippen LogP contribution is 2.15. The number of rotatable bonds is 3. The first kappa shape index (κ1) is 13.5. The lowest BCUT2D eigenvalue weighted by atomic mass is 10.2. The van der Waals surface area contributed by atoms with Gasteiger partial charge in [0.05, 0.1) is 7.18 Å². The van der Waals surface area contributed by atoms with E-state index in [1.807, 2.05) is 6.92 Å². The second-order valence-electron chi connectivity index (χ2n) is 2.51. The zero-order valence-electron chi connectivity index (χ0n) is 8.64. The van der Waals surface area contributed by atoms with Crippen LogP contribution in [0, 0.1) is 0 Å². The van der Waals surface area contributed by atoms with Crippen LogP contribution in [0.15, 0.2) is 36.6 Å². The first-order valence-electron chi connectivity index (χ1n) is 4.36. The Hall–Kier alpha value is -1.45. The molecule has 4 heteroatoms. The molecule has 0 spiro atoms. The highest BCUT2D eigenvalue weighted by atomic mass is 19.2. The molecule has 0 saturated heterocycles. The van der Waals surface area contributed by atoms with Crippen molar-refractivity contribution in [2.45, 2.75) is 13.3 Å². The van der Waals surface area contributed by atoms with Gasteiger partial charge in [-0.1, -0.05) is 19.1 Å². The molecule has 0 bridgehead atoms. The van der Waals surface area contributed by atoms with E-state index >= 15 is 0 Å². The number of hydrogen-bond acceptors (Lipinski definition) is 1. The molecule has 0 fully saturated rings. The molecular formula is C11H13F3O. The SMILES string of the molecule is CCc1ccc(O/C(F)=C/F)cc1.CF. The summed E-state index contributed by atoms with van der Waals surface area (Å²) in [5.41, 5.74) is 1.12. The lowest BCUT2D eigenvalue weighted by Crippen LogP contribution is -1.88. The van der Waals surface area contributed by atoms with E-state index in [1.165, 1.54) is 0 Å². The number of benzene rings is 1. The maximum Gasteiger partial charge on any atom is 0.306 e. The van der Waals surface area contributed by atoms with Crippen LogP contribution in [0.25, 0.3) is 0 Å². The normalized spacial score (nSPS) is 10.3. The van der Waals surface area contributed by atoms with Crippen LogP contribution in [0.4, 0.5) is 13.2 Å². The minimum Gasteiger partial charge on any atom is -0.430 e. The molecule has 1 rings (SSSR count). The van der Waals surface area contributed by atoms with Crippen LogP contribution in [0.2, 0.25) is 0 Å². The van der Waals surface area contributed by atoms with Gasteiger partial charge in [0, 0.05) is 0 Å². The number of aryl methyl sites for hydroxylation is 1. The van der Waals surface area contributed by atoms with Gasteiger partial charge < -0.3 is 4.74 Å². The molecule has 0 atom stereocenters. The summed E-state index contributed by atoms with van der Waals surface area (Å²) >= 11 is 0. The summed E-state index contributed by atoms with van der Waals surface area (Å²) in [5.74, 6) is 0.295. The lowest BCUT2D eigenvalue weighted by Gasteiger charge is -2.01. The molecule has 0 aromatic heterocycles. The van der Waals surface area contributed by atoms with E-state index in [0.717, 1.165) is 12.0 Å². The van der Waals surface area contributed by atoms with Crippen molar-refractivity contribution in [1.29, 1.82) is 0 Å². The highest BCUT2D eigenvalue weighted by molar-refractivity contribution is 5.28. The van der Waals surface area contributed by atoms with Crippen LogP contribution in [-0.4, -0.2) is 7.18 Å². The minimum atomic E-state index is -1.23. The molecule has 0 aliphatic carbocycles. The maximum atomic E-state index is 12.3. The van der Waals surface area contributed by atoms with Crippen LogP contribution >= 0.6 is 0 Å². The fourth-order valence-corrected chi connectivity index (χ4v) is 0.928. The van der Waals surface area contributed by atoms with Crippen molar-refractivity contribution in [3.05, 3.63) is 42.2 Å². The summed E-state index contributed by atoms with van der Waals surface area (Å²) in [6, 6.07) is 5.58. The van der Waals surface area contributed by atoms with Crippen molar-refractivity contribution in [3.8, 4) is 5.75 Å². The van der Waals surface area contributed by atoms with Gasteiger partial charge in [0.15, 0.2) is 6.33 Å². The maximum absolute atomic E-state index is 12.3. The Morgan fingerprint density at radius 2 is 1.80 bits per heavy atom. The van der Waals surface area contributed by atoms with Gasteiger partial charge in [-0.15, -0.1) is 0 Å². The van der Waals surface area contributed by atoms with E-state index in [9.17, 15) is 13.2 Å². The standard InChI is InChI=1S/C10H10F2O.CH3F/c1-2-8-3-5-9(6-4-8)13-10(12)7-11;1-2/h3-7H,2H2,1H3;1H3/b10-7+;. The molecule has 15 heavy (non-hydrogen) atoms. The Kier molecular flexibility index (Phi) is 7.14. The number of halogens is 3. The van der Waals surface area contributed by atoms with E-state index in [0.29, 0.717) is 12.9 Å². The Labute approximate surface area is 87.2 Å². The second-order valence-corrected chi connectivity index (χ2v) is 2.51. The third-order valence-corrected chi connectivity index (χ3v) is 1.63. The summed E-state index contributed by atoms with van der Waals surface area (Å²) in [6.07, 6.45) is 0.690. The number of hydrogen-bond donors (Lipinski definition) is 0. The van der Waals surface area contributed by atoms with Gasteiger partial charge >= 0.3 is 6.01 Å². The Balaban J connectivity index is 0.000000921. The molecule has 0 heterocycles. The quantitative estimate of drug-likeness (QED) is 0.698. The summed E-state index contributed by atoms with van der Waals surface area (Å²) in [5, 5.41) is 0. The fourth-order valence-electron chi connectivity index (χ4n) is 0.928. The molecule has 0 radical (unpaired) electrons. The second kappa shape index (κ2) is 7.91. The Morgan fingerprint density at radius 3 is 2.20 bits per heavy atom. The number of ether oxygens (including phenoxy) is 1. The summed E-state index contributed by atoms with van der Waals surface area (Å²) in [6.45, 7) is 2.01. The molecule has 1 aromatic rings. The molecular weight excluding hydrogens is 205 g/mol. The van der Waals surface area contributed by atoms with Crippen LogP contribution in [0.5, 0.6) is 5.75 Å². The molecule has 0 aliphatic heterocycles. The van der Waals surface area contributed by atoms with Crippen molar-refractivity contribution in [1.82, 2.24) is 0 Å². The van der Waals surface area contributed by atoms with Gasteiger partial charge in [-0.25, -0.2) is 4.39 Å². The first-order valence-corrected chi connectivity index (χ1v) is 4.36. The predicted octanol–water partition coefficient (Wildman–Crippen LogP) is 3.95. The molecule has 0 N–H and O–H groups in total. The average molecular weight is 218 g/mol. The van der Waals surface area contributed by atoms with E-state index in [2.05, 4.69) is 4.74 Å². The highest BCUT2D eigenvalue weighted by Gasteiger charge is 1.98. The summed E-state index contributed by atoms with van der Waals surface area (Å²) in [7, 11) is 0.500. The van der Waals surface area contributed by atoms with Crippen LogP contribution in [0.1, 0.15) is 12.5 Å². The lowest BCUT2D eigenvalue weighted by molar-refractivity contribution is 0.289. The van der Waals surface area contributed by atoms with Gasteiger partial charge in [-0.05, 0) is 24.1 Å². The molecule has 0 saturated carbocycles. The Bertz CT molecular complexity index is 293. The largest absolute Gasteiger partial charge is 0.430 e. The van der Waals surface area contributed by atoms with Crippen LogP contribution in [-0.2, 0) is 6.42 Å². The third kappa shape index (κ3) is 5.10. The average Bonchev–Trinajstić information content (AvgIpc) is 2.32. The monoisotopic (exact) mass is 218 g/mol. The van der Waals surface area contributed by atoms with Gasteiger partial charge in [0.1, 0.15) is 5.75 Å². The van der Waals surface area contributed by atoms with Gasteiger partial charge in [-0.2, -0.15) is 4.39 Å². The van der Waals surface area contributed by atoms with Crippen LogP contribution in [0.3, 0.4) is 0 Å². The van der Waals surface area contributed by atoms with Crippen molar-refractivity contribution in [2.24, 2.45) is 0 Å². The van der Waals surface area contributed by atoms with Crippen molar-refractivity contribution >= 4 is 0 Å². The van der Waals surface area contributed by atoms with Crippen molar-refractivity contribution < 1.29 is 17.9 Å². The molecule has 0 aliphatic rings. The topological polar surface area (TPSA) is 9.23 Å². The zero-order valence-corrected chi connectivity index (χ0v) is 8.64. The first-order chi connectivity index (χ1) is 7.26. The van der Waals surface area contributed by atoms with Gasteiger partial charge in [0.2, 0.25) is 0 Å². The molecule has 84 valence electrons. The molecule has 1 nitrogen and oxygen atoms in total. The summed E-state index contributed by atoms with van der Waals surface area (Å²) < 4.78 is 37.8. The van der Waals surface area contributed by atoms with Crippen molar-refractivity contribution in [2.75, 3.05) is 7.18 Å². The molecule has 0 unspecified atom stereocenters. The number of alkyl halides is 1. The smallest absolute Gasteiger partial charge is 0.306 e. The van der Waals surface area contributed by atoms with Gasteiger partial charge in [-0.3, -0.25) is 4.39 Å². The minimum absolute atomic E-state index is 0.215. The zero-order chi connectivity index (χ0) is 11.7. The van der Waals surface area contributed by atoms with Crippen LogP contribution < -0.4 is 4.74 Å². The Morgan fingerprint density at radius 1 is 1.27 bits per heavy atom. The van der Waals surface area contributed by atoms with E-state index in [4.69, 9.17) is 0 Å². The van der Waals surface area contributed by atoms with E-state index in [-0.39, 0.29) is 6.33 Å². The van der Waals surface area contributed by atoms with E-state index < -0.39 is 6.01 Å². The molecule has 0 amide bonds.